The van der Waals surface area contributed by atoms with E-state index in [1.54, 1.807) is 0 Å². The summed E-state index contributed by atoms with van der Waals surface area (Å²) in [6.45, 7) is 3.03. The quantitative estimate of drug-likeness (QED) is 0.633. The molecule has 6 heteroatoms. The molecule has 0 fully saturated rings. The first-order valence-electron chi connectivity index (χ1n) is 4.19. The van der Waals surface area contributed by atoms with Gasteiger partial charge in [0.2, 0.25) is 0 Å². The van der Waals surface area contributed by atoms with E-state index >= 15 is 0 Å². The average molecular weight is 237 g/mol. The highest BCUT2D eigenvalue weighted by Gasteiger charge is 2.23. The Hall–Kier alpha value is -1.04. The van der Waals surface area contributed by atoms with Gasteiger partial charge in [-0.3, -0.25) is 4.21 Å². The van der Waals surface area contributed by atoms with Gasteiger partial charge in [0.05, 0.1) is 16.5 Å². The summed E-state index contributed by atoms with van der Waals surface area (Å²) in [6, 6.07) is 0.633. The van der Waals surface area contributed by atoms with Gasteiger partial charge < -0.3 is 5.73 Å². The first kappa shape index (κ1) is 12.0. The molecule has 2 N–H and O–H groups in total. The number of anilines is 1. The van der Waals surface area contributed by atoms with Crippen molar-refractivity contribution in [3.8, 4) is 0 Å². The number of nitrogen functional groups attached to an aromatic ring is 1. The molecule has 1 aromatic rings. The lowest BCUT2D eigenvalue weighted by Gasteiger charge is -2.09. The van der Waals surface area contributed by atoms with Crippen LogP contribution in [0.1, 0.15) is 13.8 Å². The molecule has 0 bridgehead atoms. The Morgan fingerprint density at radius 1 is 1.27 bits per heavy atom. The van der Waals surface area contributed by atoms with Crippen LogP contribution in [0.15, 0.2) is 11.0 Å². The Kier molecular flexibility index (Phi) is 3.38. The van der Waals surface area contributed by atoms with Crippen LogP contribution in [0.4, 0.5) is 18.9 Å². The van der Waals surface area contributed by atoms with E-state index < -0.39 is 44.1 Å². The summed E-state index contributed by atoms with van der Waals surface area (Å²) >= 11 is 0. The van der Waals surface area contributed by atoms with Crippen LogP contribution < -0.4 is 5.73 Å². The van der Waals surface area contributed by atoms with Crippen molar-refractivity contribution in [3.63, 3.8) is 0 Å². The first-order chi connectivity index (χ1) is 6.86. The lowest BCUT2D eigenvalue weighted by molar-refractivity contribution is 0.467. The van der Waals surface area contributed by atoms with E-state index in [4.69, 9.17) is 5.73 Å². The molecule has 15 heavy (non-hydrogen) atoms. The highest BCUT2D eigenvalue weighted by atomic mass is 32.2. The fourth-order valence-electron chi connectivity index (χ4n) is 1.02. The van der Waals surface area contributed by atoms with Gasteiger partial charge in [-0.15, -0.1) is 0 Å². The molecule has 0 spiro atoms. The maximum Gasteiger partial charge on any atom is 0.183 e. The topological polar surface area (TPSA) is 43.1 Å². The number of nitrogens with two attached hydrogens (primary N) is 1. The fourth-order valence-corrected chi connectivity index (χ4v) is 2.01. The van der Waals surface area contributed by atoms with Crippen molar-refractivity contribution >= 4 is 16.5 Å². The molecule has 1 unspecified atom stereocenters. The van der Waals surface area contributed by atoms with Gasteiger partial charge in [-0.25, -0.2) is 13.2 Å². The standard InChI is InChI=1S/C9H10F3NOS/c1-4(2)15(14)9-5(10)3-6(13)7(11)8(9)12/h3-4H,13H2,1-2H3. The lowest BCUT2D eigenvalue weighted by atomic mass is 10.3. The summed E-state index contributed by atoms with van der Waals surface area (Å²) in [4.78, 5) is -0.753. The van der Waals surface area contributed by atoms with E-state index in [9.17, 15) is 17.4 Å². The average Bonchev–Trinajstić information content (AvgIpc) is 2.14. The van der Waals surface area contributed by atoms with Gasteiger partial charge in [-0.2, -0.15) is 0 Å². The minimum atomic E-state index is -1.92. The summed E-state index contributed by atoms with van der Waals surface area (Å²) < 4.78 is 50.9. The molecule has 0 aliphatic carbocycles. The van der Waals surface area contributed by atoms with E-state index in [-0.39, 0.29) is 0 Å². The molecule has 0 saturated carbocycles. The van der Waals surface area contributed by atoms with Gasteiger partial charge in [-0.05, 0) is 0 Å². The Morgan fingerprint density at radius 3 is 2.27 bits per heavy atom. The zero-order valence-electron chi connectivity index (χ0n) is 8.18. The van der Waals surface area contributed by atoms with Crippen LogP contribution in [0, 0.1) is 17.5 Å². The Morgan fingerprint density at radius 2 is 1.80 bits per heavy atom. The van der Waals surface area contributed by atoms with E-state index in [2.05, 4.69) is 0 Å². The zero-order valence-corrected chi connectivity index (χ0v) is 9.00. The van der Waals surface area contributed by atoms with Gasteiger partial charge >= 0.3 is 0 Å². The molecule has 1 aromatic carbocycles. The molecule has 2 nitrogen and oxygen atoms in total. The highest BCUT2D eigenvalue weighted by Crippen LogP contribution is 2.25. The van der Waals surface area contributed by atoms with Crippen LogP contribution in [-0.4, -0.2) is 9.46 Å². The van der Waals surface area contributed by atoms with Crippen molar-refractivity contribution in [2.75, 3.05) is 5.73 Å². The van der Waals surface area contributed by atoms with Gasteiger partial charge in [-0.1, -0.05) is 13.8 Å². The Labute approximate surface area is 87.7 Å². The summed E-state index contributed by atoms with van der Waals surface area (Å²) in [6.07, 6.45) is 0. The van der Waals surface area contributed by atoms with Gasteiger partial charge in [0.15, 0.2) is 11.6 Å². The molecule has 0 aromatic heterocycles. The zero-order chi connectivity index (χ0) is 11.7. The summed E-state index contributed by atoms with van der Waals surface area (Å²) in [5, 5.41) is -0.503. The second kappa shape index (κ2) is 4.22. The van der Waals surface area contributed by atoms with Crippen LogP contribution in [-0.2, 0) is 10.8 Å². The van der Waals surface area contributed by atoms with Crippen molar-refractivity contribution in [1.82, 2.24) is 0 Å². The maximum atomic E-state index is 13.2. The molecule has 1 rings (SSSR count). The molecule has 0 heterocycles. The molecule has 0 saturated heterocycles. The van der Waals surface area contributed by atoms with Crippen LogP contribution in [0.25, 0.3) is 0 Å². The van der Waals surface area contributed by atoms with E-state index in [1.807, 2.05) is 0 Å². The minimum absolute atomic E-state index is 0.503. The Balaban J connectivity index is 3.43. The molecule has 0 radical (unpaired) electrons. The number of hydrogen-bond acceptors (Lipinski definition) is 2. The third-order valence-electron chi connectivity index (χ3n) is 1.77. The van der Waals surface area contributed by atoms with Crippen LogP contribution in [0.2, 0.25) is 0 Å². The maximum absolute atomic E-state index is 13.2. The van der Waals surface area contributed by atoms with E-state index in [0.717, 1.165) is 0 Å². The number of rotatable bonds is 2. The van der Waals surface area contributed by atoms with Crippen LogP contribution in [0.5, 0.6) is 0 Å². The number of halogens is 3. The summed E-state index contributed by atoms with van der Waals surface area (Å²) in [5.74, 6) is -3.92. The molecule has 1 atom stereocenters. The second-order valence-electron chi connectivity index (χ2n) is 3.25. The minimum Gasteiger partial charge on any atom is -0.396 e. The van der Waals surface area contributed by atoms with Crippen LogP contribution in [0.3, 0.4) is 0 Å². The van der Waals surface area contributed by atoms with Crippen LogP contribution >= 0.6 is 0 Å². The number of benzene rings is 1. The summed E-state index contributed by atoms with van der Waals surface area (Å²) in [7, 11) is -1.92. The summed E-state index contributed by atoms with van der Waals surface area (Å²) in [5.41, 5.74) is 4.38. The molecular weight excluding hydrogens is 227 g/mol. The monoisotopic (exact) mass is 237 g/mol. The van der Waals surface area contributed by atoms with Crippen molar-refractivity contribution < 1.29 is 17.4 Å². The normalized spacial score (nSPS) is 13.2. The van der Waals surface area contributed by atoms with Gasteiger partial charge in [0.1, 0.15) is 10.7 Å². The predicted octanol–water partition coefficient (Wildman–Crippen LogP) is 2.20. The fraction of sp³-hybridized carbons (Fsp3) is 0.333. The molecule has 0 amide bonds. The SMILES string of the molecule is CC(C)S(=O)c1c(F)cc(N)c(F)c1F. The smallest absolute Gasteiger partial charge is 0.183 e. The van der Waals surface area contributed by atoms with Crippen molar-refractivity contribution in [2.24, 2.45) is 0 Å². The molecular formula is C9H10F3NOS. The third-order valence-corrected chi connectivity index (χ3v) is 3.41. The Bertz CT molecular complexity index is 420. The van der Waals surface area contributed by atoms with Gasteiger partial charge in [0, 0.05) is 11.3 Å². The first-order valence-corrected chi connectivity index (χ1v) is 5.41. The van der Waals surface area contributed by atoms with Crippen molar-refractivity contribution in [2.45, 2.75) is 24.0 Å². The molecule has 84 valence electrons. The van der Waals surface area contributed by atoms with Crippen molar-refractivity contribution in [1.29, 1.82) is 0 Å². The second-order valence-corrected chi connectivity index (χ2v) is 5.20. The lowest BCUT2D eigenvalue weighted by Crippen LogP contribution is -2.12. The third kappa shape index (κ3) is 2.14. The number of hydrogen-bond donors (Lipinski definition) is 1. The highest BCUT2D eigenvalue weighted by molar-refractivity contribution is 7.85. The van der Waals surface area contributed by atoms with Crippen molar-refractivity contribution in [3.05, 3.63) is 23.5 Å². The predicted molar refractivity (Wildman–Crippen MR) is 52.3 cm³/mol. The van der Waals surface area contributed by atoms with E-state index in [1.165, 1.54) is 13.8 Å². The molecule has 0 aliphatic rings. The largest absolute Gasteiger partial charge is 0.396 e. The van der Waals surface area contributed by atoms with E-state index in [0.29, 0.717) is 6.07 Å². The van der Waals surface area contributed by atoms with Gasteiger partial charge in [0.25, 0.3) is 0 Å². The molecule has 0 aliphatic heterocycles.